The lowest BCUT2D eigenvalue weighted by molar-refractivity contribution is -0.117. The molecular formula is C20H30IN5O3. The van der Waals surface area contributed by atoms with Gasteiger partial charge in [0, 0.05) is 38.4 Å². The number of hydrogen-bond acceptors (Lipinski definition) is 4. The zero-order valence-electron chi connectivity index (χ0n) is 17.3. The summed E-state index contributed by atoms with van der Waals surface area (Å²) in [6.07, 6.45) is 0.554. The van der Waals surface area contributed by atoms with E-state index in [-0.39, 0.29) is 42.5 Å². The summed E-state index contributed by atoms with van der Waals surface area (Å²) in [6, 6.07) is 7.93. The van der Waals surface area contributed by atoms with E-state index in [1.807, 2.05) is 49.9 Å². The lowest BCUT2D eigenvalue weighted by Crippen LogP contribution is -2.53. The van der Waals surface area contributed by atoms with Crippen LogP contribution in [0.1, 0.15) is 26.3 Å². The maximum Gasteiger partial charge on any atom is 0.410 e. The molecule has 0 atom stereocenters. The van der Waals surface area contributed by atoms with E-state index < -0.39 is 5.60 Å². The topological polar surface area (TPSA) is 91.5 Å². The minimum Gasteiger partial charge on any atom is -0.444 e. The predicted molar refractivity (Wildman–Crippen MR) is 124 cm³/mol. The van der Waals surface area contributed by atoms with Gasteiger partial charge in [-0.25, -0.2) is 9.79 Å². The standard InChI is InChI=1S/C20H29N5O3.HI/c1-20(2,3)28-19(27)24-12-10-23(11-13-24)18(21)22-14-17(26)25-9-8-15-6-4-5-7-16(15)25;/h4-7H,8-14H2,1-3H3,(H2,21,22);1H. The van der Waals surface area contributed by atoms with E-state index in [0.29, 0.717) is 38.7 Å². The van der Waals surface area contributed by atoms with E-state index in [1.54, 1.807) is 9.80 Å². The first-order valence-corrected chi connectivity index (χ1v) is 9.66. The third-order valence-corrected chi connectivity index (χ3v) is 4.82. The van der Waals surface area contributed by atoms with Gasteiger partial charge in [0.1, 0.15) is 12.1 Å². The number of carbonyl (C=O) groups excluding carboxylic acids is 2. The number of piperazine rings is 1. The molecule has 2 aliphatic rings. The number of fused-ring (bicyclic) bond motifs is 1. The highest BCUT2D eigenvalue weighted by molar-refractivity contribution is 14.0. The summed E-state index contributed by atoms with van der Waals surface area (Å²) >= 11 is 0. The number of aliphatic imine (C=N–C) groups is 1. The first kappa shape index (κ1) is 23.2. The van der Waals surface area contributed by atoms with Crippen LogP contribution in [0.2, 0.25) is 0 Å². The van der Waals surface area contributed by atoms with Gasteiger partial charge < -0.3 is 25.2 Å². The molecule has 2 N–H and O–H groups in total. The first-order valence-electron chi connectivity index (χ1n) is 9.66. The number of ether oxygens (including phenoxy) is 1. The van der Waals surface area contributed by atoms with Crippen LogP contribution in [0.25, 0.3) is 0 Å². The molecule has 0 bridgehead atoms. The molecule has 0 saturated carbocycles. The largest absolute Gasteiger partial charge is 0.444 e. The van der Waals surface area contributed by atoms with Crippen molar-refractivity contribution in [2.45, 2.75) is 32.8 Å². The summed E-state index contributed by atoms with van der Waals surface area (Å²) in [5.41, 5.74) is 7.72. The summed E-state index contributed by atoms with van der Waals surface area (Å²) < 4.78 is 5.39. The van der Waals surface area contributed by atoms with Gasteiger partial charge in [0.25, 0.3) is 0 Å². The van der Waals surface area contributed by atoms with Crippen LogP contribution in [-0.4, -0.2) is 72.6 Å². The van der Waals surface area contributed by atoms with Gasteiger partial charge in [-0.15, -0.1) is 24.0 Å². The van der Waals surface area contributed by atoms with E-state index in [2.05, 4.69) is 4.99 Å². The Bertz CT molecular complexity index is 770. The van der Waals surface area contributed by atoms with Crippen molar-refractivity contribution in [2.75, 3.05) is 44.2 Å². The number of para-hydroxylation sites is 1. The van der Waals surface area contributed by atoms with Gasteiger partial charge in [0.2, 0.25) is 5.91 Å². The van der Waals surface area contributed by atoms with Crippen LogP contribution >= 0.6 is 24.0 Å². The second kappa shape index (κ2) is 9.64. The Kier molecular flexibility index (Phi) is 7.73. The van der Waals surface area contributed by atoms with Gasteiger partial charge >= 0.3 is 6.09 Å². The van der Waals surface area contributed by atoms with Gasteiger partial charge in [-0.05, 0) is 38.8 Å². The van der Waals surface area contributed by atoms with Crippen LogP contribution in [0.15, 0.2) is 29.3 Å². The van der Waals surface area contributed by atoms with E-state index >= 15 is 0 Å². The number of nitrogens with two attached hydrogens (primary N) is 1. The summed E-state index contributed by atoms with van der Waals surface area (Å²) in [5.74, 6) is 0.282. The average molecular weight is 515 g/mol. The Labute approximate surface area is 189 Å². The smallest absolute Gasteiger partial charge is 0.410 e. The summed E-state index contributed by atoms with van der Waals surface area (Å²) in [7, 11) is 0. The van der Waals surface area contributed by atoms with Crippen molar-refractivity contribution in [3.05, 3.63) is 29.8 Å². The molecule has 2 amide bonds. The fraction of sp³-hybridized carbons (Fsp3) is 0.550. The number of anilines is 1. The molecule has 9 heteroatoms. The molecule has 8 nitrogen and oxygen atoms in total. The molecule has 3 rings (SSSR count). The van der Waals surface area contributed by atoms with Crippen LogP contribution in [0.4, 0.5) is 10.5 Å². The molecular weight excluding hydrogens is 485 g/mol. The third kappa shape index (κ3) is 5.97. The molecule has 0 spiro atoms. The summed E-state index contributed by atoms with van der Waals surface area (Å²) in [5, 5.41) is 0. The molecule has 1 fully saturated rings. The van der Waals surface area contributed by atoms with Crippen LogP contribution in [0.5, 0.6) is 0 Å². The lowest BCUT2D eigenvalue weighted by atomic mass is 10.2. The van der Waals surface area contributed by atoms with Gasteiger partial charge in [-0.2, -0.15) is 0 Å². The second-order valence-corrected chi connectivity index (χ2v) is 8.05. The number of halogens is 1. The zero-order valence-corrected chi connectivity index (χ0v) is 19.6. The molecule has 2 heterocycles. The van der Waals surface area contributed by atoms with Gasteiger partial charge in [-0.1, -0.05) is 18.2 Å². The van der Waals surface area contributed by atoms with E-state index in [4.69, 9.17) is 10.5 Å². The quantitative estimate of drug-likeness (QED) is 0.370. The number of hydrogen-bond donors (Lipinski definition) is 1. The van der Waals surface area contributed by atoms with Crippen molar-refractivity contribution >= 4 is 47.6 Å². The van der Waals surface area contributed by atoms with Crippen molar-refractivity contribution in [3.8, 4) is 0 Å². The molecule has 0 unspecified atom stereocenters. The number of amides is 2. The number of nitrogens with zero attached hydrogens (tertiary/aromatic N) is 4. The van der Waals surface area contributed by atoms with Crippen LogP contribution in [-0.2, 0) is 16.0 Å². The first-order chi connectivity index (χ1) is 13.2. The average Bonchev–Trinajstić information content (AvgIpc) is 3.09. The Morgan fingerprint density at radius 1 is 1.07 bits per heavy atom. The summed E-state index contributed by atoms with van der Waals surface area (Å²) in [4.78, 5) is 34.3. The maximum absolute atomic E-state index is 12.5. The van der Waals surface area contributed by atoms with Crippen LogP contribution in [0.3, 0.4) is 0 Å². The lowest BCUT2D eigenvalue weighted by Gasteiger charge is -2.36. The van der Waals surface area contributed by atoms with Crippen LogP contribution < -0.4 is 10.6 Å². The normalized spacial score (nSPS) is 16.9. The molecule has 0 radical (unpaired) electrons. The van der Waals surface area contributed by atoms with Crippen molar-refractivity contribution in [1.82, 2.24) is 9.80 Å². The highest BCUT2D eigenvalue weighted by atomic mass is 127. The monoisotopic (exact) mass is 515 g/mol. The van der Waals surface area contributed by atoms with E-state index in [0.717, 1.165) is 12.1 Å². The maximum atomic E-state index is 12.5. The number of carbonyl (C=O) groups is 2. The molecule has 160 valence electrons. The molecule has 1 aromatic rings. The Morgan fingerprint density at radius 2 is 1.69 bits per heavy atom. The molecule has 1 aromatic carbocycles. The molecule has 0 aromatic heterocycles. The van der Waals surface area contributed by atoms with Gasteiger partial charge in [0.05, 0.1) is 0 Å². The minimum atomic E-state index is -0.511. The van der Waals surface area contributed by atoms with Crippen molar-refractivity contribution in [3.63, 3.8) is 0 Å². The van der Waals surface area contributed by atoms with Crippen molar-refractivity contribution in [1.29, 1.82) is 0 Å². The third-order valence-electron chi connectivity index (χ3n) is 4.82. The van der Waals surface area contributed by atoms with Gasteiger partial charge in [0.15, 0.2) is 5.96 Å². The minimum absolute atomic E-state index is 0. The highest BCUT2D eigenvalue weighted by Gasteiger charge is 2.27. The fourth-order valence-corrected chi connectivity index (χ4v) is 3.38. The number of benzene rings is 1. The van der Waals surface area contributed by atoms with E-state index in [1.165, 1.54) is 5.56 Å². The van der Waals surface area contributed by atoms with Crippen molar-refractivity contribution in [2.24, 2.45) is 10.7 Å². The van der Waals surface area contributed by atoms with E-state index in [9.17, 15) is 9.59 Å². The Balaban J connectivity index is 0.00000300. The Hall–Kier alpha value is -2.04. The van der Waals surface area contributed by atoms with Crippen molar-refractivity contribution < 1.29 is 14.3 Å². The highest BCUT2D eigenvalue weighted by Crippen LogP contribution is 2.27. The number of guanidine groups is 1. The number of rotatable bonds is 2. The molecule has 0 aliphatic carbocycles. The summed E-state index contributed by atoms with van der Waals surface area (Å²) in [6.45, 7) is 8.40. The van der Waals surface area contributed by atoms with Gasteiger partial charge in [-0.3, -0.25) is 4.79 Å². The molecule has 2 aliphatic heterocycles. The molecule has 1 saturated heterocycles. The zero-order chi connectivity index (χ0) is 20.3. The fourth-order valence-electron chi connectivity index (χ4n) is 3.38. The SMILES string of the molecule is CC(C)(C)OC(=O)N1CCN(C(N)=NCC(=O)N2CCc3ccccc32)CC1.I. The van der Waals surface area contributed by atoms with Crippen LogP contribution in [0, 0.1) is 0 Å². The second-order valence-electron chi connectivity index (χ2n) is 8.05. The molecule has 29 heavy (non-hydrogen) atoms. The predicted octanol–water partition coefficient (Wildman–Crippen LogP) is 2.06. The Morgan fingerprint density at radius 3 is 2.34 bits per heavy atom.